The van der Waals surface area contributed by atoms with Gasteiger partial charge in [-0.25, -0.2) is 8.42 Å². The first-order chi connectivity index (χ1) is 12.4. The predicted octanol–water partition coefficient (Wildman–Crippen LogP) is 2.56. The third kappa shape index (κ3) is 6.07. The molecule has 2 aromatic rings. The van der Waals surface area contributed by atoms with E-state index in [9.17, 15) is 13.2 Å². The summed E-state index contributed by atoms with van der Waals surface area (Å²) in [4.78, 5) is 11.9. The molecule has 2 aromatic carbocycles. The second-order valence-corrected chi connectivity index (χ2v) is 7.79. The summed E-state index contributed by atoms with van der Waals surface area (Å²) in [6.07, 6.45) is 1.87. The molecule has 0 saturated heterocycles. The van der Waals surface area contributed by atoms with Crippen molar-refractivity contribution in [2.75, 3.05) is 23.7 Å². The number of carbonyl (C=O) groups excluding carboxylic acids is 1. The highest BCUT2D eigenvalue weighted by Gasteiger charge is 2.20. The first-order valence-electron chi connectivity index (χ1n) is 8.41. The van der Waals surface area contributed by atoms with Crippen LogP contribution in [0.25, 0.3) is 0 Å². The SMILES string of the molecule is CCCNC(=O)CN(c1ccc(OCc2ccccc2)cc1)S(C)(=O)=O. The molecule has 1 N–H and O–H groups in total. The largest absolute Gasteiger partial charge is 0.489 e. The second kappa shape index (κ2) is 9.24. The van der Waals surface area contributed by atoms with Gasteiger partial charge in [0.1, 0.15) is 18.9 Å². The van der Waals surface area contributed by atoms with Gasteiger partial charge in [-0.05, 0) is 36.2 Å². The maximum atomic E-state index is 12.1. The Bertz CT molecular complexity index is 805. The molecule has 0 radical (unpaired) electrons. The van der Waals surface area contributed by atoms with Crippen LogP contribution in [0, 0.1) is 0 Å². The molecule has 0 unspecified atom stereocenters. The number of sulfonamides is 1. The summed E-state index contributed by atoms with van der Waals surface area (Å²) in [6.45, 7) is 2.63. The molecule has 6 nitrogen and oxygen atoms in total. The van der Waals surface area contributed by atoms with Crippen molar-refractivity contribution in [3.05, 3.63) is 60.2 Å². The van der Waals surface area contributed by atoms with Crippen molar-refractivity contribution < 1.29 is 17.9 Å². The van der Waals surface area contributed by atoms with Crippen LogP contribution >= 0.6 is 0 Å². The maximum absolute atomic E-state index is 12.1. The molecular formula is C19H24N2O4S. The fourth-order valence-corrected chi connectivity index (χ4v) is 3.16. The van der Waals surface area contributed by atoms with E-state index in [1.807, 2.05) is 37.3 Å². The van der Waals surface area contributed by atoms with Crippen molar-refractivity contribution >= 4 is 21.6 Å². The fourth-order valence-electron chi connectivity index (χ4n) is 2.30. The molecule has 0 spiro atoms. The van der Waals surface area contributed by atoms with Crippen molar-refractivity contribution in [1.82, 2.24) is 5.32 Å². The van der Waals surface area contributed by atoms with Gasteiger partial charge in [-0.2, -0.15) is 0 Å². The van der Waals surface area contributed by atoms with Gasteiger partial charge in [-0.1, -0.05) is 37.3 Å². The number of rotatable bonds is 9. The molecular weight excluding hydrogens is 352 g/mol. The Morgan fingerprint density at radius 2 is 1.73 bits per heavy atom. The molecule has 1 amide bonds. The topological polar surface area (TPSA) is 75.7 Å². The average Bonchev–Trinajstić information content (AvgIpc) is 2.63. The monoisotopic (exact) mass is 376 g/mol. The minimum atomic E-state index is -3.57. The fraction of sp³-hybridized carbons (Fsp3) is 0.316. The Morgan fingerprint density at radius 1 is 1.08 bits per heavy atom. The normalized spacial score (nSPS) is 11.0. The van der Waals surface area contributed by atoms with E-state index in [-0.39, 0.29) is 12.5 Å². The Kier molecular flexibility index (Phi) is 7.03. The quantitative estimate of drug-likeness (QED) is 0.730. The molecule has 0 aliphatic rings. The molecule has 0 saturated carbocycles. The van der Waals surface area contributed by atoms with Gasteiger partial charge in [-0.15, -0.1) is 0 Å². The number of carbonyl (C=O) groups is 1. The molecule has 140 valence electrons. The summed E-state index contributed by atoms with van der Waals surface area (Å²) >= 11 is 0. The van der Waals surface area contributed by atoms with Crippen molar-refractivity contribution in [1.29, 1.82) is 0 Å². The number of hydrogen-bond donors (Lipinski definition) is 1. The van der Waals surface area contributed by atoms with Crippen molar-refractivity contribution in [2.45, 2.75) is 20.0 Å². The predicted molar refractivity (Wildman–Crippen MR) is 103 cm³/mol. The zero-order valence-electron chi connectivity index (χ0n) is 15.0. The van der Waals surface area contributed by atoms with E-state index in [1.165, 1.54) is 0 Å². The van der Waals surface area contributed by atoms with E-state index in [0.717, 1.165) is 22.5 Å². The molecule has 0 heterocycles. The smallest absolute Gasteiger partial charge is 0.240 e. The lowest BCUT2D eigenvalue weighted by Gasteiger charge is -2.22. The van der Waals surface area contributed by atoms with Crippen LogP contribution in [-0.4, -0.2) is 33.7 Å². The van der Waals surface area contributed by atoms with Gasteiger partial charge in [0.15, 0.2) is 0 Å². The van der Waals surface area contributed by atoms with Crippen LogP contribution in [0.1, 0.15) is 18.9 Å². The molecule has 0 aromatic heterocycles. The van der Waals surface area contributed by atoms with Crippen LogP contribution in [0.3, 0.4) is 0 Å². The molecule has 7 heteroatoms. The van der Waals surface area contributed by atoms with E-state index < -0.39 is 10.0 Å². The number of nitrogens with one attached hydrogen (secondary N) is 1. The maximum Gasteiger partial charge on any atom is 0.240 e. The van der Waals surface area contributed by atoms with Gasteiger partial charge in [-0.3, -0.25) is 9.10 Å². The summed E-state index contributed by atoms with van der Waals surface area (Å²) in [5.41, 5.74) is 1.47. The summed E-state index contributed by atoms with van der Waals surface area (Å²) in [5.74, 6) is 0.295. The second-order valence-electron chi connectivity index (χ2n) is 5.89. The summed E-state index contributed by atoms with van der Waals surface area (Å²) in [7, 11) is -3.57. The Labute approximate surface area is 154 Å². The molecule has 2 rings (SSSR count). The van der Waals surface area contributed by atoms with Gasteiger partial charge in [0.25, 0.3) is 0 Å². The van der Waals surface area contributed by atoms with Gasteiger partial charge in [0.05, 0.1) is 11.9 Å². The average molecular weight is 376 g/mol. The first kappa shape index (κ1) is 19.8. The van der Waals surface area contributed by atoms with Crippen molar-refractivity contribution in [2.24, 2.45) is 0 Å². The van der Waals surface area contributed by atoms with E-state index >= 15 is 0 Å². The highest BCUT2D eigenvalue weighted by Crippen LogP contribution is 2.22. The van der Waals surface area contributed by atoms with Crippen LogP contribution < -0.4 is 14.4 Å². The third-order valence-electron chi connectivity index (χ3n) is 3.63. The van der Waals surface area contributed by atoms with Crippen LogP contribution in [-0.2, 0) is 21.4 Å². The molecule has 0 aliphatic carbocycles. The molecule has 0 fully saturated rings. The standard InChI is InChI=1S/C19H24N2O4S/c1-3-13-20-19(22)14-21(26(2,23)24)17-9-11-18(12-10-17)25-15-16-7-5-4-6-8-16/h4-12H,3,13-15H2,1-2H3,(H,20,22). The third-order valence-corrected chi connectivity index (χ3v) is 4.77. The van der Waals surface area contributed by atoms with Crippen LogP contribution in [0.2, 0.25) is 0 Å². The van der Waals surface area contributed by atoms with Crippen LogP contribution in [0.4, 0.5) is 5.69 Å². The van der Waals surface area contributed by atoms with E-state index in [1.54, 1.807) is 24.3 Å². The lowest BCUT2D eigenvalue weighted by molar-refractivity contribution is -0.119. The minimum absolute atomic E-state index is 0.247. The Morgan fingerprint density at radius 3 is 2.31 bits per heavy atom. The zero-order valence-corrected chi connectivity index (χ0v) is 15.8. The zero-order chi connectivity index (χ0) is 19.0. The lowest BCUT2D eigenvalue weighted by atomic mass is 10.2. The highest BCUT2D eigenvalue weighted by molar-refractivity contribution is 7.92. The van der Waals surface area contributed by atoms with E-state index in [2.05, 4.69) is 5.32 Å². The van der Waals surface area contributed by atoms with Gasteiger partial charge < -0.3 is 10.1 Å². The minimum Gasteiger partial charge on any atom is -0.489 e. The van der Waals surface area contributed by atoms with Crippen molar-refractivity contribution in [3.8, 4) is 5.75 Å². The van der Waals surface area contributed by atoms with Gasteiger partial charge in [0, 0.05) is 6.54 Å². The Balaban J connectivity index is 2.05. The van der Waals surface area contributed by atoms with Crippen molar-refractivity contribution in [3.63, 3.8) is 0 Å². The number of ether oxygens (including phenoxy) is 1. The van der Waals surface area contributed by atoms with Crippen LogP contribution in [0.5, 0.6) is 5.75 Å². The lowest BCUT2D eigenvalue weighted by Crippen LogP contribution is -2.40. The Hall–Kier alpha value is -2.54. The summed E-state index contributed by atoms with van der Waals surface area (Å²) < 4.78 is 30.9. The summed E-state index contributed by atoms with van der Waals surface area (Å²) in [6, 6.07) is 16.4. The highest BCUT2D eigenvalue weighted by atomic mass is 32.2. The molecule has 0 atom stereocenters. The van der Waals surface area contributed by atoms with Crippen LogP contribution in [0.15, 0.2) is 54.6 Å². The molecule has 0 aliphatic heterocycles. The molecule has 0 bridgehead atoms. The van der Waals surface area contributed by atoms with E-state index in [0.29, 0.717) is 24.6 Å². The van der Waals surface area contributed by atoms with E-state index in [4.69, 9.17) is 4.74 Å². The summed E-state index contributed by atoms with van der Waals surface area (Å²) in [5, 5.41) is 2.68. The number of anilines is 1. The van der Waals surface area contributed by atoms with Gasteiger partial charge in [0.2, 0.25) is 15.9 Å². The first-order valence-corrected chi connectivity index (χ1v) is 10.3. The number of amides is 1. The number of nitrogens with zero attached hydrogens (tertiary/aromatic N) is 1. The molecule has 26 heavy (non-hydrogen) atoms. The van der Waals surface area contributed by atoms with Gasteiger partial charge >= 0.3 is 0 Å². The number of benzene rings is 2. The number of hydrogen-bond acceptors (Lipinski definition) is 4.